The summed E-state index contributed by atoms with van der Waals surface area (Å²) in [5, 5.41) is 3.54. The zero-order chi connectivity index (χ0) is 12.1. The van der Waals surface area contributed by atoms with Gasteiger partial charge < -0.3 is 14.8 Å². The predicted molar refractivity (Wildman–Crippen MR) is 70.0 cm³/mol. The normalized spacial score (nSPS) is 20.3. The van der Waals surface area contributed by atoms with Gasteiger partial charge in [-0.2, -0.15) is 0 Å². The van der Waals surface area contributed by atoms with E-state index in [1.165, 1.54) is 37.9 Å². The molecule has 1 atom stereocenters. The topological polar surface area (TPSA) is 33.1 Å². The Morgan fingerprint density at radius 1 is 1.47 bits per heavy atom. The van der Waals surface area contributed by atoms with Crippen LogP contribution in [-0.4, -0.2) is 41.6 Å². The highest BCUT2D eigenvalue weighted by Gasteiger charge is 2.19. The van der Waals surface area contributed by atoms with Gasteiger partial charge in [0.25, 0.3) is 0 Å². The maximum atomic E-state index is 4.29. The van der Waals surface area contributed by atoms with E-state index in [0.29, 0.717) is 6.04 Å². The Morgan fingerprint density at radius 2 is 2.35 bits per heavy atom. The fraction of sp³-hybridized carbons (Fsp3) is 0.769. The van der Waals surface area contributed by atoms with Gasteiger partial charge in [0.15, 0.2) is 0 Å². The van der Waals surface area contributed by atoms with Gasteiger partial charge in [-0.05, 0) is 52.9 Å². The van der Waals surface area contributed by atoms with Crippen molar-refractivity contribution in [3.63, 3.8) is 0 Å². The molecule has 0 spiro atoms. The van der Waals surface area contributed by atoms with Crippen molar-refractivity contribution in [2.24, 2.45) is 0 Å². The van der Waals surface area contributed by atoms with E-state index in [9.17, 15) is 0 Å². The lowest BCUT2D eigenvalue weighted by Crippen LogP contribution is -2.17. The fourth-order valence-corrected chi connectivity index (χ4v) is 2.46. The SMILES string of the molecule is CN(C)CCCCn1cncc1C1CCCN1. The number of aromatic nitrogens is 2. The van der Waals surface area contributed by atoms with E-state index in [-0.39, 0.29) is 0 Å². The monoisotopic (exact) mass is 236 g/mol. The third-order valence-electron chi connectivity index (χ3n) is 3.42. The van der Waals surface area contributed by atoms with Crippen LogP contribution in [0.1, 0.15) is 37.4 Å². The second-order valence-corrected chi connectivity index (χ2v) is 5.17. The summed E-state index contributed by atoms with van der Waals surface area (Å²) < 4.78 is 2.32. The summed E-state index contributed by atoms with van der Waals surface area (Å²) in [5.74, 6) is 0. The first-order valence-corrected chi connectivity index (χ1v) is 6.65. The van der Waals surface area contributed by atoms with Crippen molar-refractivity contribution in [1.29, 1.82) is 0 Å². The molecule has 4 heteroatoms. The largest absolute Gasteiger partial charge is 0.333 e. The minimum Gasteiger partial charge on any atom is -0.333 e. The smallest absolute Gasteiger partial charge is 0.0948 e. The van der Waals surface area contributed by atoms with Crippen molar-refractivity contribution in [3.05, 3.63) is 18.2 Å². The molecule has 1 aromatic heterocycles. The molecule has 1 N–H and O–H groups in total. The standard InChI is InChI=1S/C13H24N4/c1-16(2)8-3-4-9-17-11-14-10-13(17)12-6-5-7-15-12/h10-12,15H,3-9H2,1-2H3. The Balaban J connectivity index is 1.82. The van der Waals surface area contributed by atoms with E-state index >= 15 is 0 Å². The average molecular weight is 236 g/mol. The Labute approximate surface area is 104 Å². The first-order valence-electron chi connectivity index (χ1n) is 6.65. The zero-order valence-electron chi connectivity index (χ0n) is 11.0. The summed E-state index contributed by atoms with van der Waals surface area (Å²) in [6, 6.07) is 0.534. The molecule has 1 aliphatic heterocycles. The highest BCUT2D eigenvalue weighted by Crippen LogP contribution is 2.22. The highest BCUT2D eigenvalue weighted by atomic mass is 15.1. The lowest BCUT2D eigenvalue weighted by molar-refractivity contribution is 0.386. The molecule has 2 rings (SSSR count). The second-order valence-electron chi connectivity index (χ2n) is 5.17. The van der Waals surface area contributed by atoms with E-state index in [2.05, 4.69) is 33.9 Å². The summed E-state index contributed by atoms with van der Waals surface area (Å²) in [7, 11) is 4.26. The van der Waals surface area contributed by atoms with Crippen molar-refractivity contribution in [2.75, 3.05) is 27.2 Å². The van der Waals surface area contributed by atoms with Crippen LogP contribution in [0.2, 0.25) is 0 Å². The Kier molecular flexibility index (Phi) is 4.57. The van der Waals surface area contributed by atoms with Gasteiger partial charge in [-0.25, -0.2) is 4.98 Å². The number of unbranched alkanes of at least 4 members (excludes halogenated alkanes) is 1. The zero-order valence-corrected chi connectivity index (χ0v) is 11.0. The van der Waals surface area contributed by atoms with Gasteiger partial charge in [0.2, 0.25) is 0 Å². The highest BCUT2D eigenvalue weighted by molar-refractivity contribution is 5.07. The molecule has 1 aromatic rings. The summed E-state index contributed by atoms with van der Waals surface area (Å²) in [6.45, 7) is 3.42. The molecular weight excluding hydrogens is 212 g/mol. The summed E-state index contributed by atoms with van der Waals surface area (Å²) in [4.78, 5) is 6.54. The Morgan fingerprint density at radius 3 is 3.06 bits per heavy atom. The Bertz CT molecular complexity index is 326. The van der Waals surface area contributed by atoms with E-state index < -0.39 is 0 Å². The van der Waals surface area contributed by atoms with Gasteiger partial charge in [-0.3, -0.25) is 0 Å². The van der Waals surface area contributed by atoms with Crippen LogP contribution in [-0.2, 0) is 6.54 Å². The second kappa shape index (κ2) is 6.17. The van der Waals surface area contributed by atoms with Crippen molar-refractivity contribution >= 4 is 0 Å². The first-order chi connectivity index (χ1) is 8.27. The lowest BCUT2D eigenvalue weighted by atomic mass is 10.1. The lowest BCUT2D eigenvalue weighted by Gasteiger charge is -2.14. The molecule has 2 heterocycles. The minimum absolute atomic E-state index is 0.534. The van der Waals surface area contributed by atoms with Crippen molar-refractivity contribution in [1.82, 2.24) is 19.8 Å². The molecule has 1 fully saturated rings. The summed E-state index contributed by atoms with van der Waals surface area (Å²) in [5.41, 5.74) is 1.37. The predicted octanol–water partition coefficient (Wildman–Crippen LogP) is 1.65. The molecule has 0 aliphatic carbocycles. The molecular formula is C13H24N4. The minimum atomic E-state index is 0.534. The fourth-order valence-electron chi connectivity index (χ4n) is 2.46. The maximum absolute atomic E-state index is 4.29. The number of aryl methyl sites for hydroxylation is 1. The van der Waals surface area contributed by atoms with Crippen LogP contribution >= 0.6 is 0 Å². The molecule has 0 bridgehead atoms. The summed E-state index contributed by atoms with van der Waals surface area (Å²) >= 11 is 0. The van der Waals surface area contributed by atoms with Crippen LogP contribution in [0.4, 0.5) is 0 Å². The molecule has 1 unspecified atom stereocenters. The number of hydrogen-bond donors (Lipinski definition) is 1. The quantitative estimate of drug-likeness (QED) is 0.762. The van der Waals surface area contributed by atoms with Crippen LogP contribution in [0.15, 0.2) is 12.5 Å². The molecule has 0 amide bonds. The molecule has 0 saturated carbocycles. The number of rotatable bonds is 6. The molecule has 96 valence electrons. The van der Waals surface area contributed by atoms with E-state index in [4.69, 9.17) is 0 Å². The molecule has 4 nitrogen and oxygen atoms in total. The first kappa shape index (κ1) is 12.6. The molecule has 17 heavy (non-hydrogen) atoms. The third kappa shape index (κ3) is 3.54. The van der Waals surface area contributed by atoms with Gasteiger partial charge >= 0.3 is 0 Å². The van der Waals surface area contributed by atoms with Crippen LogP contribution in [0.3, 0.4) is 0 Å². The van der Waals surface area contributed by atoms with Gasteiger partial charge in [-0.15, -0.1) is 0 Å². The van der Waals surface area contributed by atoms with Crippen LogP contribution in [0.5, 0.6) is 0 Å². The molecule has 0 aromatic carbocycles. The van der Waals surface area contributed by atoms with Crippen molar-refractivity contribution in [3.8, 4) is 0 Å². The maximum Gasteiger partial charge on any atom is 0.0948 e. The average Bonchev–Trinajstić information content (AvgIpc) is 2.94. The van der Waals surface area contributed by atoms with Gasteiger partial charge in [0.1, 0.15) is 0 Å². The molecule has 1 saturated heterocycles. The third-order valence-corrected chi connectivity index (χ3v) is 3.42. The van der Waals surface area contributed by atoms with E-state index in [1.807, 2.05) is 12.5 Å². The number of hydrogen-bond acceptors (Lipinski definition) is 3. The number of nitrogens with one attached hydrogen (secondary N) is 1. The van der Waals surface area contributed by atoms with Gasteiger partial charge in [0, 0.05) is 18.8 Å². The van der Waals surface area contributed by atoms with E-state index in [1.54, 1.807) is 0 Å². The number of nitrogens with zero attached hydrogens (tertiary/aromatic N) is 3. The summed E-state index contributed by atoms with van der Waals surface area (Å²) in [6.07, 6.45) is 9.02. The van der Waals surface area contributed by atoms with Crippen LogP contribution in [0.25, 0.3) is 0 Å². The van der Waals surface area contributed by atoms with Crippen molar-refractivity contribution in [2.45, 2.75) is 38.3 Å². The van der Waals surface area contributed by atoms with E-state index in [0.717, 1.165) is 13.1 Å². The van der Waals surface area contributed by atoms with Crippen LogP contribution < -0.4 is 5.32 Å². The van der Waals surface area contributed by atoms with Crippen LogP contribution in [0, 0.1) is 0 Å². The van der Waals surface area contributed by atoms with Gasteiger partial charge in [-0.1, -0.05) is 0 Å². The number of imidazole rings is 1. The van der Waals surface area contributed by atoms with Gasteiger partial charge in [0.05, 0.1) is 12.0 Å². The molecule has 0 radical (unpaired) electrons. The Hall–Kier alpha value is -0.870. The van der Waals surface area contributed by atoms with Crippen molar-refractivity contribution < 1.29 is 0 Å². The molecule has 1 aliphatic rings.